The second kappa shape index (κ2) is 11.3. The molecule has 0 spiro atoms. The molecule has 4 aromatic rings. The van der Waals surface area contributed by atoms with Crippen LogP contribution in [0.15, 0.2) is 77.4 Å². The molecule has 1 saturated heterocycles. The number of nitrogens with two attached hydrogens (primary N) is 1. The number of benzene rings is 2. The first-order valence-electron chi connectivity index (χ1n) is 13.4. The number of para-hydroxylation sites is 1. The number of likely N-dealkylation sites (tertiary alicyclic amines) is 1. The number of amides is 1. The van der Waals surface area contributed by atoms with Crippen molar-refractivity contribution >= 4 is 22.9 Å². The number of carbonyl (C=O) groups excluding carboxylic acids is 1. The van der Waals surface area contributed by atoms with Crippen molar-refractivity contribution in [3.63, 3.8) is 0 Å². The molecule has 3 N–H and O–H groups in total. The van der Waals surface area contributed by atoms with Crippen LogP contribution in [0.2, 0.25) is 0 Å². The molecule has 0 atom stereocenters. The SMILES string of the molecule is CNC(C)(C)/C=C(/C#N)C(=O)N1CCC(n2c(=O)n(-c3ccc(Oc4ccccc4)cc3)c3c(N)ncnc32)CC1. The third-order valence-corrected chi connectivity index (χ3v) is 7.37. The molecule has 11 heteroatoms. The van der Waals surface area contributed by atoms with Crippen molar-refractivity contribution in [3.8, 4) is 23.3 Å². The fourth-order valence-corrected chi connectivity index (χ4v) is 5.00. The van der Waals surface area contributed by atoms with Crippen LogP contribution in [0.4, 0.5) is 5.82 Å². The molecule has 0 radical (unpaired) electrons. The molecule has 41 heavy (non-hydrogen) atoms. The molecule has 3 heterocycles. The van der Waals surface area contributed by atoms with E-state index in [0.29, 0.717) is 54.3 Å². The van der Waals surface area contributed by atoms with Crippen LogP contribution in [0.1, 0.15) is 32.7 Å². The highest BCUT2D eigenvalue weighted by atomic mass is 16.5. The molecular formula is C30H32N8O3. The summed E-state index contributed by atoms with van der Waals surface area (Å²) in [5.74, 6) is 1.22. The van der Waals surface area contributed by atoms with Crippen LogP contribution < -0.4 is 21.5 Å². The van der Waals surface area contributed by atoms with Gasteiger partial charge < -0.3 is 20.7 Å². The summed E-state index contributed by atoms with van der Waals surface area (Å²) in [7, 11) is 1.78. The van der Waals surface area contributed by atoms with Gasteiger partial charge in [-0.2, -0.15) is 5.26 Å². The summed E-state index contributed by atoms with van der Waals surface area (Å²) in [5.41, 5.74) is 7.03. The number of hydrogen-bond acceptors (Lipinski definition) is 8. The number of anilines is 1. The largest absolute Gasteiger partial charge is 0.457 e. The number of nitrogens with zero attached hydrogens (tertiary/aromatic N) is 6. The molecule has 2 aromatic carbocycles. The summed E-state index contributed by atoms with van der Waals surface area (Å²) in [5, 5.41) is 12.7. The third kappa shape index (κ3) is 5.55. The van der Waals surface area contributed by atoms with Crippen molar-refractivity contribution in [1.29, 1.82) is 5.26 Å². The number of hydrogen-bond donors (Lipinski definition) is 2. The van der Waals surface area contributed by atoms with Crippen LogP contribution in [-0.4, -0.2) is 55.6 Å². The van der Waals surface area contributed by atoms with Gasteiger partial charge >= 0.3 is 5.69 Å². The van der Waals surface area contributed by atoms with Crippen molar-refractivity contribution in [3.05, 3.63) is 83.1 Å². The van der Waals surface area contributed by atoms with E-state index in [0.717, 1.165) is 0 Å². The zero-order valence-corrected chi connectivity index (χ0v) is 23.2. The third-order valence-electron chi connectivity index (χ3n) is 7.37. The minimum atomic E-state index is -0.500. The number of likely N-dealkylation sites (N-methyl/N-ethyl adjacent to an activating group) is 1. The van der Waals surface area contributed by atoms with Crippen molar-refractivity contribution < 1.29 is 9.53 Å². The maximum absolute atomic E-state index is 13.9. The number of nitriles is 1. The molecule has 1 aliphatic heterocycles. The van der Waals surface area contributed by atoms with Gasteiger partial charge in [0.05, 0.1) is 5.69 Å². The van der Waals surface area contributed by atoms with Gasteiger partial charge in [0.1, 0.15) is 35.0 Å². The second-order valence-corrected chi connectivity index (χ2v) is 10.5. The molecule has 1 aliphatic rings. The van der Waals surface area contributed by atoms with Crippen LogP contribution >= 0.6 is 0 Å². The minimum Gasteiger partial charge on any atom is -0.457 e. The van der Waals surface area contributed by atoms with Gasteiger partial charge in [-0.25, -0.2) is 14.8 Å². The van der Waals surface area contributed by atoms with Crippen LogP contribution in [0, 0.1) is 11.3 Å². The highest BCUT2D eigenvalue weighted by molar-refractivity contribution is 5.97. The summed E-state index contributed by atoms with van der Waals surface area (Å²) in [4.78, 5) is 37.3. The number of nitrogen functional groups attached to an aromatic ring is 1. The Morgan fingerprint density at radius 2 is 1.76 bits per heavy atom. The molecule has 210 valence electrons. The van der Waals surface area contributed by atoms with E-state index in [-0.39, 0.29) is 29.0 Å². The average molecular weight is 553 g/mol. The number of imidazole rings is 1. The number of rotatable bonds is 7. The van der Waals surface area contributed by atoms with Crippen molar-refractivity contribution in [2.45, 2.75) is 38.3 Å². The first kappa shape index (κ1) is 27.6. The quantitative estimate of drug-likeness (QED) is 0.262. The van der Waals surface area contributed by atoms with Gasteiger partial charge in [0.25, 0.3) is 5.91 Å². The molecule has 2 aromatic heterocycles. The lowest BCUT2D eigenvalue weighted by Gasteiger charge is -2.32. The van der Waals surface area contributed by atoms with E-state index < -0.39 is 5.54 Å². The summed E-state index contributed by atoms with van der Waals surface area (Å²) in [6, 6.07) is 18.4. The highest BCUT2D eigenvalue weighted by Gasteiger charge is 2.30. The number of aromatic nitrogens is 4. The standard InChI is InChI=1S/C30H32N8O3/c1-30(2,33-3)17-20(18-31)28(39)36-15-13-22(14-16-36)38-27-25(26(32)34-19-35-27)37(29(38)40)21-9-11-24(12-10-21)41-23-7-5-4-6-8-23/h4-12,17,19,22,33H,13-16H2,1-3H3,(H2,32,34,35)/b20-17-. The number of nitrogens with one attached hydrogen (secondary N) is 1. The number of carbonyl (C=O) groups is 1. The first-order chi connectivity index (χ1) is 19.7. The van der Waals surface area contributed by atoms with Crippen LogP contribution in [0.25, 0.3) is 16.9 Å². The van der Waals surface area contributed by atoms with Gasteiger partial charge in [0, 0.05) is 24.7 Å². The molecule has 11 nitrogen and oxygen atoms in total. The minimum absolute atomic E-state index is 0.0942. The predicted octanol–water partition coefficient (Wildman–Crippen LogP) is 3.57. The molecule has 0 unspecified atom stereocenters. The maximum Gasteiger partial charge on any atom is 0.335 e. The molecule has 1 amide bonds. The normalized spacial score (nSPS) is 14.7. The van der Waals surface area contributed by atoms with E-state index in [2.05, 4.69) is 15.3 Å². The first-order valence-corrected chi connectivity index (χ1v) is 13.4. The van der Waals surface area contributed by atoms with E-state index in [1.165, 1.54) is 10.9 Å². The van der Waals surface area contributed by atoms with Crippen LogP contribution in [0.3, 0.4) is 0 Å². The van der Waals surface area contributed by atoms with Gasteiger partial charge in [-0.1, -0.05) is 18.2 Å². The van der Waals surface area contributed by atoms with E-state index >= 15 is 0 Å². The smallest absolute Gasteiger partial charge is 0.335 e. The summed E-state index contributed by atoms with van der Waals surface area (Å²) < 4.78 is 9.06. The van der Waals surface area contributed by atoms with E-state index in [1.807, 2.05) is 50.2 Å². The highest BCUT2D eigenvalue weighted by Crippen LogP contribution is 2.29. The van der Waals surface area contributed by atoms with Crippen molar-refractivity contribution in [1.82, 2.24) is 29.3 Å². The zero-order chi connectivity index (χ0) is 29.1. The van der Waals surface area contributed by atoms with Crippen LogP contribution in [-0.2, 0) is 4.79 Å². The van der Waals surface area contributed by atoms with E-state index in [4.69, 9.17) is 10.5 Å². The van der Waals surface area contributed by atoms with Gasteiger partial charge in [0.2, 0.25) is 0 Å². The maximum atomic E-state index is 13.9. The summed E-state index contributed by atoms with van der Waals surface area (Å²) >= 11 is 0. The van der Waals surface area contributed by atoms with Gasteiger partial charge in [-0.3, -0.25) is 13.9 Å². The Labute approximate surface area is 237 Å². The molecule has 0 aliphatic carbocycles. The second-order valence-electron chi connectivity index (χ2n) is 10.5. The van der Waals surface area contributed by atoms with Crippen LogP contribution in [0.5, 0.6) is 11.5 Å². The van der Waals surface area contributed by atoms with E-state index in [1.54, 1.807) is 46.9 Å². The Morgan fingerprint density at radius 1 is 1.10 bits per heavy atom. The zero-order valence-electron chi connectivity index (χ0n) is 23.2. The van der Waals surface area contributed by atoms with Crippen molar-refractivity contribution in [2.24, 2.45) is 0 Å². The number of piperidine rings is 1. The summed E-state index contributed by atoms with van der Waals surface area (Å²) in [6.45, 7) is 4.58. The van der Waals surface area contributed by atoms with Gasteiger partial charge in [0.15, 0.2) is 11.5 Å². The average Bonchev–Trinajstić information content (AvgIpc) is 3.29. The topological polar surface area (TPSA) is 144 Å². The Morgan fingerprint density at radius 3 is 2.39 bits per heavy atom. The Balaban J connectivity index is 1.42. The van der Waals surface area contributed by atoms with E-state index in [9.17, 15) is 14.9 Å². The molecular weight excluding hydrogens is 520 g/mol. The number of fused-ring (bicyclic) bond motifs is 1. The lowest BCUT2D eigenvalue weighted by molar-refractivity contribution is -0.128. The monoisotopic (exact) mass is 552 g/mol. The molecule has 1 fully saturated rings. The molecule has 0 saturated carbocycles. The lowest BCUT2D eigenvalue weighted by atomic mass is 9.99. The Kier molecular flexibility index (Phi) is 7.59. The fourth-order valence-electron chi connectivity index (χ4n) is 5.00. The van der Waals surface area contributed by atoms with Gasteiger partial charge in [-0.05, 0) is 76.2 Å². The molecule has 5 rings (SSSR count). The summed E-state index contributed by atoms with van der Waals surface area (Å²) in [6.07, 6.45) is 4.04. The van der Waals surface area contributed by atoms with Crippen molar-refractivity contribution in [2.75, 3.05) is 25.9 Å². The molecule has 0 bridgehead atoms. The Bertz CT molecular complexity index is 1690. The lowest BCUT2D eigenvalue weighted by Crippen LogP contribution is -2.42. The number of ether oxygens (including phenoxy) is 1. The Hall–Kier alpha value is -4.95. The van der Waals surface area contributed by atoms with Gasteiger partial charge in [-0.15, -0.1) is 0 Å². The predicted molar refractivity (Wildman–Crippen MR) is 156 cm³/mol. The fraction of sp³-hybridized carbons (Fsp3) is 0.300.